The Morgan fingerprint density at radius 1 is 1.44 bits per heavy atom. The fraction of sp³-hybridized carbons (Fsp3) is 0.214. The van der Waals surface area contributed by atoms with Crippen molar-refractivity contribution in [1.29, 1.82) is 0 Å². The second kappa shape index (κ2) is 5.69. The van der Waals surface area contributed by atoms with Crippen molar-refractivity contribution in [1.82, 2.24) is 4.90 Å². The van der Waals surface area contributed by atoms with E-state index in [1.165, 1.54) is 11.0 Å². The van der Waals surface area contributed by atoms with Crippen LogP contribution in [0.4, 0.5) is 0 Å². The van der Waals surface area contributed by atoms with Crippen molar-refractivity contribution in [2.24, 2.45) is 0 Å². The molecule has 0 radical (unpaired) electrons. The Hall–Kier alpha value is -1.81. The van der Waals surface area contributed by atoms with E-state index in [2.05, 4.69) is 0 Å². The molecule has 94 valence electrons. The van der Waals surface area contributed by atoms with Crippen LogP contribution in [0, 0.1) is 0 Å². The van der Waals surface area contributed by atoms with Crippen molar-refractivity contribution in [3.05, 3.63) is 52.6 Å². The van der Waals surface area contributed by atoms with Gasteiger partial charge in [-0.3, -0.25) is 4.79 Å². The highest BCUT2D eigenvalue weighted by atomic mass is 32.1. The van der Waals surface area contributed by atoms with E-state index >= 15 is 0 Å². The summed E-state index contributed by atoms with van der Waals surface area (Å²) in [5.41, 5.74) is 0. The van der Waals surface area contributed by atoms with Gasteiger partial charge in [0, 0.05) is 18.0 Å². The predicted octanol–water partition coefficient (Wildman–Crippen LogP) is 3.57. The van der Waals surface area contributed by atoms with Gasteiger partial charge in [-0.05, 0) is 36.6 Å². The van der Waals surface area contributed by atoms with E-state index in [-0.39, 0.29) is 11.9 Å². The number of likely N-dealkylation sites (N-methyl/N-ethyl adjacent to an activating group) is 1. The van der Waals surface area contributed by atoms with Gasteiger partial charge < -0.3 is 9.32 Å². The molecule has 0 spiro atoms. The smallest absolute Gasteiger partial charge is 0.246 e. The Morgan fingerprint density at radius 3 is 2.89 bits per heavy atom. The molecule has 4 heteroatoms. The molecule has 1 atom stereocenters. The molecule has 0 aliphatic carbocycles. The molecule has 0 aromatic carbocycles. The fourth-order valence-electron chi connectivity index (χ4n) is 1.57. The van der Waals surface area contributed by atoms with Crippen molar-refractivity contribution in [2.45, 2.75) is 13.0 Å². The lowest BCUT2D eigenvalue weighted by atomic mass is 10.2. The van der Waals surface area contributed by atoms with Gasteiger partial charge in [0.1, 0.15) is 5.76 Å². The number of nitrogens with zero attached hydrogens (tertiary/aromatic N) is 1. The SMILES string of the molecule is C[C@@H](c1cccs1)N(C)C(=O)/C=C\c1ccco1. The highest BCUT2D eigenvalue weighted by Crippen LogP contribution is 2.23. The number of furan rings is 1. The summed E-state index contributed by atoms with van der Waals surface area (Å²) >= 11 is 1.66. The third-order valence-electron chi connectivity index (χ3n) is 2.82. The molecule has 2 aromatic rings. The first-order valence-corrected chi connectivity index (χ1v) is 6.58. The van der Waals surface area contributed by atoms with Crippen LogP contribution in [0.3, 0.4) is 0 Å². The van der Waals surface area contributed by atoms with Gasteiger partial charge in [0.25, 0.3) is 0 Å². The van der Waals surface area contributed by atoms with Crippen molar-refractivity contribution < 1.29 is 9.21 Å². The highest BCUT2D eigenvalue weighted by molar-refractivity contribution is 7.10. The Kier molecular flexibility index (Phi) is 3.99. The molecular formula is C14H15NO2S. The summed E-state index contributed by atoms with van der Waals surface area (Å²) in [6.45, 7) is 2.02. The maximum Gasteiger partial charge on any atom is 0.246 e. The van der Waals surface area contributed by atoms with Gasteiger partial charge in [-0.25, -0.2) is 0 Å². The van der Waals surface area contributed by atoms with Crippen LogP contribution in [0.5, 0.6) is 0 Å². The van der Waals surface area contributed by atoms with Crippen molar-refractivity contribution >= 4 is 23.3 Å². The van der Waals surface area contributed by atoms with E-state index in [9.17, 15) is 4.79 Å². The molecule has 2 rings (SSSR count). The quantitative estimate of drug-likeness (QED) is 0.788. The van der Waals surface area contributed by atoms with Crippen LogP contribution in [-0.2, 0) is 4.79 Å². The zero-order valence-electron chi connectivity index (χ0n) is 10.4. The standard InChI is InChI=1S/C14H15NO2S/c1-11(13-6-4-10-18-13)15(2)14(16)8-7-12-5-3-9-17-12/h3-11H,1-2H3/b8-7-/t11-/m0/s1. The minimum Gasteiger partial charge on any atom is -0.465 e. The van der Waals surface area contributed by atoms with Crippen LogP contribution in [0.15, 0.2) is 46.4 Å². The molecule has 3 nitrogen and oxygen atoms in total. The lowest BCUT2D eigenvalue weighted by molar-refractivity contribution is -0.126. The second-order valence-electron chi connectivity index (χ2n) is 3.99. The summed E-state index contributed by atoms with van der Waals surface area (Å²) in [4.78, 5) is 14.9. The summed E-state index contributed by atoms with van der Waals surface area (Å²) in [5, 5.41) is 2.02. The van der Waals surface area contributed by atoms with Crippen LogP contribution in [0.2, 0.25) is 0 Å². The largest absolute Gasteiger partial charge is 0.465 e. The number of carbonyl (C=O) groups is 1. The number of amides is 1. The normalized spacial score (nSPS) is 12.8. The Labute approximate surface area is 110 Å². The second-order valence-corrected chi connectivity index (χ2v) is 4.97. The van der Waals surface area contributed by atoms with Gasteiger partial charge >= 0.3 is 0 Å². The molecule has 0 saturated heterocycles. The molecular weight excluding hydrogens is 246 g/mol. The van der Waals surface area contributed by atoms with Gasteiger partial charge in [-0.2, -0.15) is 0 Å². The predicted molar refractivity (Wildman–Crippen MR) is 73.2 cm³/mol. The first-order chi connectivity index (χ1) is 8.68. The minimum absolute atomic E-state index is 0.0349. The molecule has 0 unspecified atom stereocenters. The van der Waals surface area contributed by atoms with E-state index in [4.69, 9.17) is 4.42 Å². The average molecular weight is 261 g/mol. The number of hydrogen-bond acceptors (Lipinski definition) is 3. The Balaban J connectivity index is 2.01. The van der Waals surface area contributed by atoms with Crippen LogP contribution in [0.1, 0.15) is 23.6 Å². The maximum absolute atomic E-state index is 12.0. The van der Waals surface area contributed by atoms with Crippen LogP contribution in [0.25, 0.3) is 6.08 Å². The molecule has 2 aromatic heterocycles. The Bertz CT molecular complexity index is 514. The molecule has 0 aliphatic rings. The van der Waals surface area contributed by atoms with E-state index in [1.807, 2.05) is 30.5 Å². The number of hydrogen-bond donors (Lipinski definition) is 0. The third kappa shape index (κ3) is 2.90. The molecule has 0 N–H and O–H groups in total. The lowest BCUT2D eigenvalue weighted by Gasteiger charge is -2.22. The zero-order chi connectivity index (χ0) is 13.0. The summed E-state index contributed by atoms with van der Waals surface area (Å²) in [6, 6.07) is 7.72. The topological polar surface area (TPSA) is 33.5 Å². The summed E-state index contributed by atoms with van der Waals surface area (Å²) in [5.74, 6) is 0.646. The van der Waals surface area contributed by atoms with E-state index in [0.717, 1.165) is 0 Å². The monoisotopic (exact) mass is 261 g/mol. The average Bonchev–Trinajstić information content (AvgIpc) is 3.06. The highest BCUT2D eigenvalue weighted by Gasteiger charge is 2.15. The minimum atomic E-state index is -0.0349. The van der Waals surface area contributed by atoms with Crippen LogP contribution < -0.4 is 0 Å². The number of thiophene rings is 1. The van der Waals surface area contributed by atoms with Crippen molar-refractivity contribution in [2.75, 3.05) is 7.05 Å². The molecule has 0 aliphatic heterocycles. The van der Waals surface area contributed by atoms with Crippen LogP contribution in [-0.4, -0.2) is 17.9 Å². The fourth-order valence-corrected chi connectivity index (χ4v) is 2.39. The van der Waals surface area contributed by atoms with Crippen molar-refractivity contribution in [3.63, 3.8) is 0 Å². The molecule has 2 heterocycles. The third-order valence-corrected chi connectivity index (χ3v) is 3.86. The first-order valence-electron chi connectivity index (χ1n) is 5.70. The number of rotatable bonds is 4. The molecule has 0 bridgehead atoms. The van der Waals surface area contributed by atoms with Gasteiger partial charge in [-0.1, -0.05) is 6.07 Å². The molecule has 1 amide bonds. The van der Waals surface area contributed by atoms with E-state index in [0.29, 0.717) is 5.76 Å². The first kappa shape index (κ1) is 12.6. The summed E-state index contributed by atoms with van der Waals surface area (Å²) in [6.07, 6.45) is 4.80. The van der Waals surface area contributed by atoms with Gasteiger partial charge in [0.15, 0.2) is 0 Å². The molecule has 0 saturated carbocycles. The molecule has 0 fully saturated rings. The lowest BCUT2D eigenvalue weighted by Crippen LogP contribution is -2.27. The van der Waals surface area contributed by atoms with Gasteiger partial charge in [0.05, 0.1) is 12.3 Å². The van der Waals surface area contributed by atoms with E-state index in [1.54, 1.807) is 41.7 Å². The van der Waals surface area contributed by atoms with Crippen molar-refractivity contribution in [3.8, 4) is 0 Å². The van der Waals surface area contributed by atoms with Gasteiger partial charge in [-0.15, -0.1) is 11.3 Å². The van der Waals surface area contributed by atoms with E-state index < -0.39 is 0 Å². The summed E-state index contributed by atoms with van der Waals surface area (Å²) in [7, 11) is 1.80. The number of carbonyl (C=O) groups excluding carboxylic acids is 1. The zero-order valence-corrected chi connectivity index (χ0v) is 11.2. The maximum atomic E-state index is 12.0. The van der Waals surface area contributed by atoms with Gasteiger partial charge in [0.2, 0.25) is 5.91 Å². The summed E-state index contributed by atoms with van der Waals surface area (Å²) < 4.78 is 5.14. The van der Waals surface area contributed by atoms with Crippen LogP contribution >= 0.6 is 11.3 Å². The molecule has 18 heavy (non-hydrogen) atoms. The Morgan fingerprint density at radius 2 is 2.28 bits per heavy atom.